The van der Waals surface area contributed by atoms with E-state index in [0.29, 0.717) is 11.4 Å². The highest BCUT2D eigenvalue weighted by Gasteiger charge is 2.15. The average Bonchev–Trinajstić information content (AvgIpc) is 2.76. The van der Waals surface area contributed by atoms with Crippen LogP contribution in [0.1, 0.15) is 19.9 Å². The molecule has 2 heterocycles. The van der Waals surface area contributed by atoms with E-state index in [1.54, 1.807) is 18.5 Å². The molecule has 0 aliphatic rings. The summed E-state index contributed by atoms with van der Waals surface area (Å²) in [5, 5.41) is 0. The van der Waals surface area contributed by atoms with Gasteiger partial charge in [-0.1, -0.05) is 0 Å². The molecule has 1 aromatic carbocycles. The minimum absolute atomic E-state index is 0.278. The molecule has 102 valence electrons. The Bertz CT molecular complexity index is 753. The number of fused-ring (bicyclic) bond motifs is 1. The first-order valence-corrected chi connectivity index (χ1v) is 6.54. The molecule has 0 atom stereocenters. The van der Waals surface area contributed by atoms with Crippen molar-refractivity contribution < 1.29 is 0 Å². The van der Waals surface area contributed by atoms with E-state index in [4.69, 9.17) is 11.5 Å². The number of pyridine rings is 1. The number of imidazole rings is 1. The zero-order valence-electron chi connectivity index (χ0n) is 11.5. The Morgan fingerprint density at radius 1 is 1.10 bits per heavy atom. The molecule has 2 aromatic heterocycles. The monoisotopic (exact) mass is 267 g/mol. The van der Waals surface area contributed by atoms with Crippen molar-refractivity contribution >= 4 is 22.4 Å². The number of hydrogen-bond donors (Lipinski definition) is 2. The Labute approximate surface area is 117 Å². The Morgan fingerprint density at radius 2 is 1.80 bits per heavy atom. The Morgan fingerprint density at radius 3 is 2.45 bits per heavy atom. The van der Waals surface area contributed by atoms with Crippen LogP contribution in [0.4, 0.5) is 11.4 Å². The number of nitrogen functional groups attached to an aromatic ring is 2. The molecule has 0 fully saturated rings. The predicted molar refractivity (Wildman–Crippen MR) is 82.2 cm³/mol. The van der Waals surface area contributed by atoms with Gasteiger partial charge in [-0.15, -0.1) is 0 Å². The molecule has 0 amide bonds. The van der Waals surface area contributed by atoms with Crippen molar-refractivity contribution in [2.45, 2.75) is 19.9 Å². The standard InChI is InChI=1S/C15H17N5/c1-9(2)20-14-3-4-18-8-13(14)19-15(20)10-5-11(16)7-12(17)6-10/h3-9H,16-17H2,1-2H3. The van der Waals surface area contributed by atoms with Crippen LogP contribution >= 0.6 is 0 Å². The normalized spacial score (nSPS) is 11.3. The van der Waals surface area contributed by atoms with E-state index in [0.717, 1.165) is 22.4 Å². The van der Waals surface area contributed by atoms with Crippen LogP contribution in [-0.2, 0) is 0 Å². The van der Waals surface area contributed by atoms with Gasteiger partial charge >= 0.3 is 0 Å². The van der Waals surface area contributed by atoms with Crippen molar-refractivity contribution in [3.8, 4) is 11.4 Å². The first-order chi connectivity index (χ1) is 9.56. The molecule has 0 aliphatic heterocycles. The van der Waals surface area contributed by atoms with Crippen LogP contribution in [0, 0.1) is 0 Å². The van der Waals surface area contributed by atoms with Crippen LogP contribution in [0.3, 0.4) is 0 Å². The van der Waals surface area contributed by atoms with E-state index < -0.39 is 0 Å². The van der Waals surface area contributed by atoms with Crippen LogP contribution in [0.2, 0.25) is 0 Å². The van der Waals surface area contributed by atoms with Crippen LogP contribution in [0.15, 0.2) is 36.7 Å². The molecule has 0 radical (unpaired) electrons. The summed E-state index contributed by atoms with van der Waals surface area (Å²) >= 11 is 0. The third-order valence-corrected chi connectivity index (χ3v) is 3.24. The van der Waals surface area contributed by atoms with Crippen LogP contribution in [-0.4, -0.2) is 14.5 Å². The number of nitrogens with zero attached hydrogens (tertiary/aromatic N) is 3. The van der Waals surface area contributed by atoms with Crippen LogP contribution < -0.4 is 11.5 Å². The van der Waals surface area contributed by atoms with E-state index in [1.807, 2.05) is 18.2 Å². The van der Waals surface area contributed by atoms with Crippen molar-refractivity contribution in [3.63, 3.8) is 0 Å². The Balaban J connectivity index is 2.32. The maximum atomic E-state index is 5.89. The maximum absolute atomic E-state index is 5.89. The van der Waals surface area contributed by atoms with Gasteiger partial charge in [-0.25, -0.2) is 4.98 Å². The van der Waals surface area contributed by atoms with Crippen molar-refractivity contribution in [2.24, 2.45) is 0 Å². The lowest BCUT2D eigenvalue weighted by atomic mass is 10.1. The fraction of sp³-hybridized carbons (Fsp3) is 0.200. The minimum Gasteiger partial charge on any atom is -0.399 e. The fourth-order valence-electron chi connectivity index (χ4n) is 2.48. The van der Waals surface area contributed by atoms with Crippen molar-refractivity contribution in [3.05, 3.63) is 36.7 Å². The molecule has 0 spiro atoms. The smallest absolute Gasteiger partial charge is 0.141 e. The largest absolute Gasteiger partial charge is 0.399 e. The molecular weight excluding hydrogens is 250 g/mol. The molecule has 5 heteroatoms. The molecular formula is C15H17N5. The molecule has 4 N–H and O–H groups in total. The van der Waals surface area contributed by atoms with E-state index in [1.165, 1.54) is 0 Å². The quantitative estimate of drug-likeness (QED) is 0.699. The van der Waals surface area contributed by atoms with E-state index >= 15 is 0 Å². The lowest BCUT2D eigenvalue weighted by Gasteiger charge is -2.13. The summed E-state index contributed by atoms with van der Waals surface area (Å²) in [5.74, 6) is 0.863. The molecule has 0 saturated heterocycles. The zero-order valence-corrected chi connectivity index (χ0v) is 11.5. The lowest BCUT2D eigenvalue weighted by Crippen LogP contribution is -2.03. The van der Waals surface area contributed by atoms with Crippen molar-refractivity contribution in [1.29, 1.82) is 0 Å². The Kier molecular flexibility index (Phi) is 2.82. The first-order valence-electron chi connectivity index (χ1n) is 6.54. The summed E-state index contributed by atoms with van der Waals surface area (Å²) in [6.07, 6.45) is 3.55. The number of aromatic nitrogens is 3. The maximum Gasteiger partial charge on any atom is 0.141 e. The van der Waals surface area contributed by atoms with Gasteiger partial charge in [-0.2, -0.15) is 0 Å². The number of benzene rings is 1. The highest BCUT2D eigenvalue weighted by Crippen LogP contribution is 2.30. The molecule has 0 unspecified atom stereocenters. The minimum atomic E-state index is 0.278. The van der Waals surface area contributed by atoms with Gasteiger partial charge in [0.05, 0.1) is 11.7 Å². The van der Waals surface area contributed by atoms with Gasteiger partial charge in [-0.05, 0) is 38.1 Å². The third-order valence-electron chi connectivity index (χ3n) is 3.24. The molecule has 3 aromatic rings. The van der Waals surface area contributed by atoms with Crippen molar-refractivity contribution in [2.75, 3.05) is 11.5 Å². The van der Waals surface area contributed by atoms with E-state index in [9.17, 15) is 0 Å². The average molecular weight is 267 g/mol. The van der Waals surface area contributed by atoms with Gasteiger partial charge < -0.3 is 16.0 Å². The summed E-state index contributed by atoms with van der Waals surface area (Å²) in [6, 6.07) is 7.78. The van der Waals surface area contributed by atoms with E-state index in [-0.39, 0.29) is 6.04 Å². The topological polar surface area (TPSA) is 82.8 Å². The predicted octanol–water partition coefficient (Wildman–Crippen LogP) is 2.84. The lowest BCUT2D eigenvalue weighted by molar-refractivity contribution is 0.624. The number of anilines is 2. The van der Waals surface area contributed by atoms with Gasteiger partial charge in [0.25, 0.3) is 0 Å². The zero-order chi connectivity index (χ0) is 14.3. The summed E-state index contributed by atoms with van der Waals surface area (Å²) in [5.41, 5.74) is 15.9. The number of nitrogens with two attached hydrogens (primary N) is 2. The van der Waals surface area contributed by atoms with Gasteiger partial charge in [-0.3, -0.25) is 4.98 Å². The van der Waals surface area contributed by atoms with Crippen LogP contribution in [0.25, 0.3) is 22.4 Å². The van der Waals surface area contributed by atoms with Gasteiger partial charge in [0.15, 0.2) is 0 Å². The fourth-order valence-corrected chi connectivity index (χ4v) is 2.48. The molecule has 5 nitrogen and oxygen atoms in total. The van der Waals surface area contributed by atoms with Gasteiger partial charge in [0.1, 0.15) is 11.3 Å². The molecule has 0 bridgehead atoms. The molecule has 0 saturated carbocycles. The summed E-state index contributed by atoms with van der Waals surface area (Å²) < 4.78 is 2.17. The number of hydrogen-bond acceptors (Lipinski definition) is 4. The van der Waals surface area contributed by atoms with E-state index in [2.05, 4.69) is 28.4 Å². The SMILES string of the molecule is CC(C)n1c(-c2cc(N)cc(N)c2)nc2cnccc21. The summed E-state index contributed by atoms with van der Waals surface area (Å²) in [7, 11) is 0. The third kappa shape index (κ3) is 1.97. The Hall–Kier alpha value is -2.56. The second-order valence-corrected chi connectivity index (χ2v) is 5.15. The summed E-state index contributed by atoms with van der Waals surface area (Å²) in [6.45, 7) is 4.25. The number of rotatable bonds is 2. The molecule has 0 aliphatic carbocycles. The van der Waals surface area contributed by atoms with Crippen LogP contribution in [0.5, 0.6) is 0 Å². The molecule has 3 rings (SSSR count). The second kappa shape index (κ2) is 4.52. The van der Waals surface area contributed by atoms with Gasteiger partial charge in [0.2, 0.25) is 0 Å². The first kappa shape index (κ1) is 12.5. The van der Waals surface area contributed by atoms with Crippen molar-refractivity contribution in [1.82, 2.24) is 14.5 Å². The highest BCUT2D eigenvalue weighted by atomic mass is 15.1. The van der Waals surface area contributed by atoms with Gasteiger partial charge in [0, 0.05) is 29.2 Å². The second-order valence-electron chi connectivity index (χ2n) is 5.15. The summed E-state index contributed by atoms with van der Waals surface area (Å²) in [4.78, 5) is 8.81. The molecule has 20 heavy (non-hydrogen) atoms. The highest BCUT2D eigenvalue weighted by molar-refractivity contribution is 5.81.